The highest BCUT2D eigenvalue weighted by molar-refractivity contribution is 7.19. The Bertz CT molecular complexity index is 712. The van der Waals surface area contributed by atoms with E-state index in [4.69, 9.17) is 5.73 Å². The summed E-state index contributed by atoms with van der Waals surface area (Å²) in [5.74, 6) is 0. The monoisotopic (exact) mass is 267 g/mol. The van der Waals surface area contributed by atoms with Crippen LogP contribution in [-0.4, -0.2) is 0 Å². The van der Waals surface area contributed by atoms with Crippen molar-refractivity contribution in [2.45, 2.75) is 19.8 Å². The molecular formula is C17H17NS. The Morgan fingerprint density at radius 1 is 1.00 bits per heavy atom. The Morgan fingerprint density at radius 2 is 1.74 bits per heavy atom. The second-order valence-electron chi connectivity index (χ2n) is 4.73. The van der Waals surface area contributed by atoms with Gasteiger partial charge in [0.15, 0.2) is 0 Å². The Kier molecular flexibility index (Phi) is 3.26. The molecular weight excluding hydrogens is 250 g/mol. The second-order valence-corrected chi connectivity index (χ2v) is 5.87. The zero-order valence-electron chi connectivity index (χ0n) is 11.0. The molecule has 0 spiro atoms. The number of nitrogen functional groups attached to an aromatic ring is 1. The first-order valence-corrected chi connectivity index (χ1v) is 7.48. The fraction of sp³-hybridized carbons (Fsp3) is 0.176. The molecule has 96 valence electrons. The first kappa shape index (κ1) is 12.2. The predicted molar refractivity (Wildman–Crippen MR) is 85.7 cm³/mol. The van der Waals surface area contributed by atoms with E-state index in [2.05, 4.69) is 43.3 Å². The quantitative estimate of drug-likeness (QED) is 0.656. The van der Waals surface area contributed by atoms with E-state index in [0.29, 0.717) is 0 Å². The number of thiophene rings is 1. The zero-order valence-corrected chi connectivity index (χ0v) is 11.8. The summed E-state index contributed by atoms with van der Waals surface area (Å²) in [7, 11) is 0. The molecule has 0 aliphatic heterocycles. The highest BCUT2D eigenvalue weighted by atomic mass is 32.1. The van der Waals surface area contributed by atoms with Crippen LogP contribution in [0, 0.1) is 0 Å². The number of benzene rings is 2. The molecule has 0 atom stereocenters. The summed E-state index contributed by atoms with van der Waals surface area (Å²) in [6, 6.07) is 16.8. The molecule has 0 saturated carbocycles. The Hall–Kier alpha value is -1.80. The Balaban J connectivity index is 2.31. The van der Waals surface area contributed by atoms with E-state index in [1.807, 2.05) is 23.5 Å². The molecule has 1 aromatic heterocycles. The standard InChI is InChI=1S/C17H17NS/c1-2-7-16-17(12-8-3-5-10-14(12)18)13-9-4-6-11-15(13)19-16/h3-6,8-11H,2,7,18H2,1H3. The topological polar surface area (TPSA) is 26.0 Å². The molecule has 0 bridgehead atoms. The van der Waals surface area contributed by atoms with Crippen molar-refractivity contribution in [3.05, 3.63) is 53.4 Å². The highest BCUT2D eigenvalue weighted by Crippen LogP contribution is 2.41. The van der Waals surface area contributed by atoms with Gasteiger partial charge in [-0.2, -0.15) is 0 Å². The van der Waals surface area contributed by atoms with Gasteiger partial charge in [0.2, 0.25) is 0 Å². The van der Waals surface area contributed by atoms with Crippen molar-refractivity contribution in [2.75, 3.05) is 5.73 Å². The minimum Gasteiger partial charge on any atom is -0.398 e. The van der Waals surface area contributed by atoms with Crippen LogP contribution >= 0.6 is 11.3 Å². The molecule has 1 nitrogen and oxygen atoms in total. The van der Waals surface area contributed by atoms with Crippen molar-refractivity contribution in [3.8, 4) is 11.1 Å². The van der Waals surface area contributed by atoms with Gasteiger partial charge in [0.05, 0.1) is 0 Å². The van der Waals surface area contributed by atoms with Crippen LogP contribution in [-0.2, 0) is 6.42 Å². The van der Waals surface area contributed by atoms with Gasteiger partial charge in [-0.3, -0.25) is 0 Å². The van der Waals surface area contributed by atoms with Crippen molar-refractivity contribution >= 4 is 27.1 Å². The molecule has 0 aliphatic rings. The Morgan fingerprint density at radius 3 is 2.53 bits per heavy atom. The lowest BCUT2D eigenvalue weighted by Gasteiger charge is -2.07. The zero-order chi connectivity index (χ0) is 13.2. The van der Waals surface area contributed by atoms with Gasteiger partial charge in [-0.1, -0.05) is 49.7 Å². The van der Waals surface area contributed by atoms with Crippen LogP contribution in [0.25, 0.3) is 21.2 Å². The Labute approximate surface area is 117 Å². The number of para-hydroxylation sites is 1. The summed E-state index contributed by atoms with van der Waals surface area (Å²) in [6.45, 7) is 2.22. The van der Waals surface area contributed by atoms with Crippen molar-refractivity contribution in [1.82, 2.24) is 0 Å². The van der Waals surface area contributed by atoms with Crippen LogP contribution in [0.4, 0.5) is 5.69 Å². The summed E-state index contributed by atoms with van der Waals surface area (Å²) < 4.78 is 1.35. The van der Waals surface area contributed by atoms with Crippen LogP contribution in [0.2, 0.25) is 0 Å². The van der Waals surface area contributed by atoms with Gasteiger partial charge in [-0.15, -0.1) is 11.3 Å². The molecule has 3 aromatic rings. The summed E-state index contributed by atoms with van der Waals surface area (Å²) >= 11 is 1.90. The van der Waals surface area contributed by atoms with Gasteiger partial charge in [-0.05, 0) is 18.6 Å². The van der Waals surface area contributed by atoms with Crippen LogP contribution in [0.3, 0.4) is 0 Å². The number of aryl methyl sites for hydroxylation is 1. The number of rotatable bonds is 3. The van der Waals surface area contributed by atoms with Gasteiger partial charge < -0.3 is 5.73 Å². The van der Waals surface area contributed by atoms with E-state index < -0.39 is 0 Å². The maximum absolute atomic E-state index is 6.17. The minimum atomic E-state index is 0.864. The van der Waals surface area contributed by atoms with Gasteiger partial charge >= 0.3 is 0 Å². The fourth-order valence-electron chi connectivity index (χ4n) is 2.52. The summed E-state index contributed by atoms with van der Waals surface area (Å²) in [6.07, 6.45) is 2.27. The maximum Gasteiger partial charge on any atom is 0.0394 e. The summed E-state index contributed by atoms with van der Waals surface area (Å²) in [5.41, 5.74) is 9.54. The lowest BCUT2D eigenvalue weighted by atomic mass is 9.99. The average molecular weight is 267 g/mol. The van der Waals surface area contributed by atoms with E-state index in [1.165, 1.54) is 26.1 Å². The molecule has 0 aliphatic carbocycles. The molecule has 3 rings (SSSR count). The van der Waals surface area contributed by atoms with E-state index in [1.54, 1.807) is 0 Å². The normalized spacial score (nSPS) is 11.0. The van der Waals surface area contributed by atoms with E-state index in [-0.39, 0.29) is 0 Å². The largest absolute Gasteiger partial charge is 0.398 e. The highest BCUT2D eigenvalue weighted by Gasteiger charge is 2.14. The van der Waals surface area contributed by atoms with Crippen molar-refractivity contribution in [1.29, 1.82) is 0 Å². The van der Waals surface area contributed by atoms with Gasteiger partial charge in [0.25, 0.3) is 0 Å². The third-order valence-corrected chi connectivity index (χ3v) is 4.61. The molecule has 0 unspecified atom stereocenters. The van der Waals surface area contributed by atoms with Crippen molar-refractivity contribution in [2.24, 2.45) is 0 Å². The number of nitrogens with two attached hydrogens (primary N) is 1. The molecule has 0 fully saturated rings. The molecule has 0 radical (unpaired) electrons. The van der Waals surface area contributed by atoms with Crippen LogP contribution in [0.15, 0.2) is 48.5 Å². The SMILES string of the molecule is CCCc1sc2ccccc2c1-c1ccccc1N. The smallest absolute Gasteiger partial charge is 0.0394 e. The lowest BCUT2D eigenvalue weighted by molar-refractivity contribution is 0.942. The number of hydrogen-bond donors (Lipinski definition) is 1. The molecule has 0 amide bonds. The first-order valence-electron chi connectivity index (χ1n) is 6.66. The van der Waals surface area contributed by atoms with Gasteiger partial charge in [0.1, 0.15) is 0 Å². The third-order valence-electron chi connectivity index (χ3n) is 3.38. The van der Waals surface area contributed by atoms with Crippen LogP contribution in [0.1, 0.15) is 18.2 Å². The molecule has 0 saturated heterocycles. The number of fused-ring (bicyclic) bond motifs is 1. The molecule has 19 heavy (non-hydrogen) atoms. The first-order chi connectivity index (χ1) is 9.31. The van der Waals surface area contributed by atoms with E-state index >= 15 is 0 Å². The molecule has 1 heterocycles. The summed E-state index contributed by atoms with van der Waals surface area (Å²) in [4.78, 5) is 1.45. The average Bonchev–Trinajstić information content (AvgIpc) is 2.78. The predicted octanol–water partition coefficient (Wildman–Crippen LogP) is 5.10. The van der Waals surface area contributed by atoms with Crippen LogP contribution < -0.4 is 5.73 Å². The number of anilines is 1. The maximum atomic E-state index is 6.17. The van der Waals surface area contributed by atoms with Crippen molar-refractivity contribution < 1.29 is 0 Å². The third kappa shape index (κ3) is 2.13. The molecule has 2 aromatic carbocycles. The second kappa shape index (κ2) is 5.06. The summed E-state index contributed by atoms with van der Waals surface area (Å²) in [5, 5.41) is 1.33. The van der Waals surface area contributed by atoms with Crippen molar-refractivity contribution in [3.63, 3.8) is 0 Å². The van der Waals surface area contributed by atoms with Gasteiger partial charge in [-0.25, -0.2) is 0 Å². The van der Waals surface area contributed by atoms with E-state index in [0.717, 1.165) is 18.5 Å². The minimum absolute atomic E-state index is 0.864. The van der Waals surface area contributed by atoms with Crippen LogP contribution in [0.5, 0.6) is 0 Å². The molecule has 2 heteroatoms. The number of hydrogen-bond acceptors (Lipinski definition) is 2. The van der Waals surface area contributed by atoms with Gasteiger partial charge in [0, 0.05) is 31.8 Å². The lowest BCUT2D eigenvalue weighted by Crippen LogP contribution is -1.91. The fourth-order valence-corrected chi connectivity index (χ4v) is 3.84. The van der Waals surface area contributed by atoms with E-state index in [9.17, 15) is 0 Å². The molecule has 2 N–H and O–H groups in total.